The molecule has 0 saturated heterocycles. The molecule has 108 valence electrons. The first-order valence-corrected chi connectivity index (χ1v) is 5.19. The number of rotatable bonds is 4. The summed E-state index contributed by atoms with van der Waals surface area (Å²) in [5.41, 5.74) is 0.514. The van der Waals surface area contributed by atoms with Crippen LogP contribution in [-0.2, 0) is 6.18 Å². The number of hydrazine groups is 1. The van der Waals surface area contributed by atoms with E-state index in [-0.39, 0.29) is 0 Å². The Labute approximate surface area is 104 Å². The molecule has 3 nitrogen and oxygen atoms in total. The number of hydrogen-bond donors (Lipinski definition) is 2. The van der Waals surface area contributed by atoms with Gasteiger partial charge < -0.3 is 0 Å². The summed E-state index contributed by atoms with van der Waals surface area (Å²) in [6.07, 6.45) is -9.20. The van der Waals surface area contributed by atoms with Crippen LogP contribution >= 0.6 is 0 Å². The zero-order valence-electron chi connectivity index (χ0n) is 9.52. The van der Waals surface area contributed by atoms with Gasteiger partial charge in [-0.3, -0.25) is 16.3 Å². The highest BCUT2D eigenvalue weighted by Gasteiger charge is 2.36. The highest BCUT2D eigenvalue weighted by molar-refractivity contribution is 5.29. The first-order valence-electron chi connectivity index (χ1n) is 5.19. The molecule has 0 saturated carbocycles. The molecule has 1 atom stereocenters. The number of nitrogens with zero attached hydrogens (tertiary/aromatic N) is 1. The third-order valence-corrected chi connectivity index (χ3v) is 2.45. The Balaban J connectivity index is 2.99. The van der Waals surface area contributed by atoms with E-state index in [4.69, 9.17) is 5.84 Å². The molecule has 0 radical (unpaired) electrons. The van der Waals surface area contributed by atoms with Crippen LogP contribution < -0.4 is 11.3 Å². The summed E-state index contributed by atoms with van der Waals surface area (Å²) in [6.45, 7) is 0. The lowest BCUT2D eigenvalue weighted by molar-refractivity contribution is -0.139. The molecular weight excluding hydrogens is 276 g/mol. The number of hydrogen-bond acceptors (Lipinski definition) is 3. The Morgan fingerprint density at radius 2 is 1.84 bits per heavy atom. The fraction of sp³-hybridized carbons (Fsp3) is 0.500. The van der Waals surface area contributed by atoms with Gasteiger partial charge in [-0.2, -0.15) is 26.3 Å². The molecule has 0 bridgehead atoms. The second kappa shape index (κ2) is 5.74. The molecule has 0 aliphatic carbocycles. The normalized spacial score (nSPS) is 14.5. The molecule has 1 rings (SSSR count). The fourth-order valence-corrected chi connectivity index (χ4v) is 1.58. The largest absolute Gasteiger partial charge is 0.416 e. The first-order chi connectivity index (χ1) is 8.65. The van der Waals surface area contributed by atoms with Gasteiger partial charge in [0.2, 0.25) is 0 Å². The van der Waals surface area contributed by atoms with Gasteiger partial charge in [-0.25, -0.2) is 0 Å². The quantitative estimate of drug-likeness (QED) is 0.508. The monoisotopic (exact) mass is 287 g/mol. The average Bonchev–Trinajstić information content (AvgIpc) is 2.27. The van der Waals surface area contributed by atoms with Crippen LogP contribution in [0.2, 0.25) is 0 Å². The minimum atomic E-state index is -4.67. The Hall–Kier alpha value is -1.35. The summed E-state index contributed by atoms with van der Waals surface area (Å²) >= 11 is 0. The SMILES string of the molecule is NNC(CCC(F)(F)F)c1cnccc1C(F)(F)F. The van der Waals surface area contributed by atoms with Crippen molar-refractivity contribution in [3.05, 3.63) is 29.6 Å². The maximum Gasteiger partial charge on any atom is 0.416 e. The van der Waals surface area contributed by atoms with E-state index in [9.17, 15) is 26.3 Å². The van der Waals surface area contributed by atoms with Crippen LogP contribution in [0.4, 0.5) is 26.3 Å². The Morgan fingerprint density at radius 3 is 2.32 bits per heavy atom. The van der Waals surface area contributed by atoms with E-state index in [2.05, 4.69) is 4.98 Å². The molecular formula is C10H11F6N3. The van der Waals surface area contributed by atoms with Gasteiger partial charge in [0.05, 0.1) is 5.56 Å². The van der Waals surface area contributed by atoms with Crippen molar-refractivity contribution in [1.82, 2.24) is 10.4 Å². The molecule has 0 aliphatic rings. The summed E-state index contributed by atoms with van der Waals surface area (Å²) in [5, 5.41) is 0. The van der Waals surface area contributed by atoms with Crippen LogP contribution in [0.15, 0.2) is 18.5 Å². The fourth-order valence-electron chi connectivity index (χ4n) is 1.58. The van der Waals surface area contributed by atoms with Gasteiger partial charge in [0.25, 0.3) is 0 Å². The standard InChI is InChI=1S/C10H11F6N3/c11-9(12,13)3-1-8(19-17)6-5-18-4-2-7(6)10(14,15)16/h2,4-5,8,19H,1,3,17H2. The summed E-state index contributed by atoms with van der Waals surface area (Å²) in [5.74, 6) is 5.03. The Morgan fingerprint density at radius 1 is 1.21 bits per heavy atom. The predicted molar refractivity (Wildman–Crippen MR) is 54.6 cm³/mol. The highest BCUT2D eigenvalue weighted by Crippen LogP contribution is 2.36. The molecule has 9 heteroatoms. The summed E-state index contributed by atoms with van der Waals surface area (Å²) in [4.78, 5) is 3.50. The predicted octanol–water partition coefficient (Wildman–Crippen LogP) is 2.95. The molecule has 1 aromatic heterocycles. The molecule has 1 aromatic rings. The van der Waals surface area contributed by atoms with Gasteiger partial charge in [-0.15, -0.1) is 0 Å². The molecule has 0 fully saturated rings. The van der Waals surface area contributed by atoms with Gasteiger partial charge in [-0.05, 0) is 12.5 Å². The van der Waals surface area contributed by atoms with Crippen molar-refractivity contribution in [3.8, 4) is 0 Å². The van der Waals surface area contributed by atoms with Crippen molar-refractivity contribution in [2.75, 3.05) is 0 Å². The molecule has 1 unspecified atom stereocenters. The number of nitrogens with two attached hydrogens (primary N) is 1. The molecule has 19 heavy (non-hydrogen) atoms. The van der Waals surface area contributed by atoms with Gasteiger partial charge in [0.15, 0.2) is 0 Å². The van der Waals surface area contributed by atoms with Crippen LogP contribution in [0.1, 0.15) is 30.0 Å². The lowest BCUT2D eigenvalue weighted by Gasteiger charge is -2.21. The zero-order chi connectivity index (χ0) is 14.7. The number of halogens is 6. The number of aromatic nitrogens is 1. The van der Waals surface area contributed by atoms with Crippen molar-refractivity contribution in [1.29, 1.82) is 0 Å². The highest BCUT2D eigenvalue weighted by atomic mass is 19.4. The van der Waals surface area contributed by atoms with Crippen LogP contribution in [0.3, 0.4) is 0 Å². The second-order valence-corrected chi connectivity index (χ2v) is 3.83. The smallest absolute Gasteiger partial charge is 0.271 e. The topological polar surface area (TPSA) is 50.9 Å². The third kappa shape index (κ3) is 4.67. The van der Waals surface area contributed by atoms with E-state index >= 15 is 0 Å². The lowest BCUT2D eigenvalue weighted by Crippen LogP contribution is -2.31. The second-order valence-electron chi connectivity index (χ2n) is 3.83. The van der Waals surface area contributed by atoms with Crippen LogP contribution in [-0.4, -0.2) is 11.2 Å². The van der Waals surface area contributed by atoms with Crippen LogP contribution in [0.5, 0.6) is 0 Å². The first kappa shape index (κ1) is 15.7. The molecule has 0 aromatic carbocycles. The van der Waals surface area contributed by atoms with E-state index < -0.39 is 42.4 Å². The van der Waals surface area contributed by atoms with E-state index in [0.29, 0.717) is 6.07 Å². The van der Waals surface area contributed by atoms with Crippen molar-refractivity contribution >= 4 is 0 Å². The van der Waals surface area contributed by atoms with E-state index in [1.807, 2.05) is 5.43 Å². The van der Waals surface area contributed by atoms with Crippen LogP contribution in [0, 0.1) is 0 Å². The maximum atomic E-state index is 12.7. The van der Waals surface area contributed by atoms with Gasteiger partial charge in [0, 0.05) is 30.4 Å². The van der Waals surface area contributed by atoms with Crippen molar-refractivity contribution in [2.45, 2.75) is 31.2 Å². The Bertz CT molecular complexity index is 414. The lowest BCUT2D eigenvalue weighted by atomic mass is 9.99. The van der Waals surface area contributed by atoms with Gasteiger partial charge in [0.1, 0.15) is 0 Å². The third-order valence-electron chi connectivity index (χ3n) is 2.45. The average molecular weight is 287 g/mol. The molecule has 0 aliphatic heterocycles. The number of alkyl halides is 6. The van der Waals surface area contributed by atoms with Crippen molar-refractivity contribution in [2.24, 2.45) is 5.84 Å². The molecule has 0 amide bonds. The minimum Gasteiger partial charge on any atom is -0.271 e. The summed E-state index contributed by atoms with van der Waals surface area (Å²) in [6, 6.07) is -0.570. The van der Waals surface area contributed by atoms with Crippen molar-refractivity contribution < 1.29 is 26.3 Å². The van der Waals surface area contributed by atoms with E-state index in [1.54, 1.807) is 0 Å². The molecule has 0 spiro atoms. The van der Waals surface area contributed by atoms with E-state index in [1.165, 1.54) is 0 Å². The summed E-state index contributed by atoms with van der Waals surface area (Å²) in [7, 11) is 0. The Kier molecular flexibility index (Phi) is 4.75. The number of nitrogens with one attached hydrogen (secondary N) is 1. The minimum absolute atomic E-state index is 0.401. The van der Waals surface area contributed by atoms with E-state index in [0.717, 1.165) is 12.4 Å². The number of pyridine rings is 1. The zero-order valence-corrected chi connectivity index (χ0v) is 9.52. The van der Waals surface area contributed by atoms with Gasteiger partial charge >= 0.3 is 12.4 Å². The van der Waals surface area contributed by atoms with Crippen LogP contribution in [0.25, 0.3) is 0 Å². The molecule has 3 N–H and O–H groups in total. The molecule has 1 heterocycles. The van der Waals surface area contributed by atoms with Crippen molar-refractivity contribution in [3.63, 3.8) is 0 Å². The van der Waals surface area contributed by atoms with Gasteiger partial charge in [-0.1, -0.05) is 0 Å². The summed E-state index contributed by atoms with van der Waals surface area (Å²) < 4.78 is 74.4. The maximum absolute atomic E-state index is 12.7.